The van der Waals surface area contributed by atoms with Crippen LogP contribution in [0.2, 0.25) is 0 Å². The highest BCUT2D eigenvalue weighted by Gasteiger charge is 2.26. The van der Waals surface area contributed by atoms with E-state index in [4.69, 9.17) is 27.8 Å². The van der Waals surface area contributed by atoms with Crippen molar-refractivity contribution in [2.24, 2.45) is 0 Å². The van der Waals surface area contributed by atoms with Crippen LogP contribution in [0.1, 0.15) is 184 Å². The zero-order valence-corrected chi connectivity index (χ0v) is 40.3. The van der Waals surface area contributed by atoms with Gasteiger partial charge >= 0.3 is 0 Å². The second-order valence-electron chi connectivity index (χ2n) is 19.7. The van der Waals surface area contributed by atoms with Crippen LogP contribution < -0.4 is 0 Å². The number of aromatic nitrogens is 3. The minimum atomic E-state index is -3.84. The van der Waals surface area contributed by atoms with Crippen LogP contribution in [-0.4, -0.2) is 19.6 Å². The Morgan fingerprint density at radius 1 is 0.612 bits per heavy atom. The first-order valence-electron chi connectivity index (χ1n) is 31.8. The molecule has 0 unspecified atom stereocenters. The SMILES string of the molecule is [2H]c1c([2H])c(C(C([2H])([2H])[2H])(C([2H])([2H])[2H])C([2H])([2H])[2H])c([2H])c([2H])c1-c1ccnc(-c2cc(-c3cccc4c3nc(-c3cc(C(C)C)cc(C(C)C)c3O)n4-c3ccc(-c4c(C([2H])(C)C)cccc4C([2H])(C)C)cc3C([2H])([2H])[2H])cc(C(C)(C)C)c2)c1. The highest BCUT2D eigenvalue weighted by atomic mass is 16.3. The molecule has 0 spiro atoms. The van der Waals surface area contributed by atoms with E-state index in [1.807, 2.05) is 121 Å². The van der Waals surface area contributed by atoms with Crippen LogP contribution in [0.3, 0.4) is 0 Å². The van der Waals surface area contributed by atoms with E-state index >= 15 is 0 Å². The van der Waals surface area contributed by atoms with Crippen LogP contribution in [0, 0.1) is 6.85 Å². The summed E-state index contributed by atoms with van der Waals surface area (Å²) in [4.78, 5) is 10.1. The molecule has 0 radical (unpaired) electrons. The van der Waals surface area contributed by atoms with Gasteiger partial charge in [0.2, 0.25) is 0 Å². The van der Waals surface area contributed by atoms with Crippen molar-refractivity contribution < 1.29 is 29.8 Å². The van der Waals surface area contributed by atoms with Crippen LogP contribution in [0.25, 0.3) is 72.7 Å². The van der Waals surface area contributed by atoms with E-state index in [0.717, 1.165) is 11.1 Å². The second kappa shape index (κ2) is 18.1. The van der Waals surface area contributed by atoms with Gasteiger partial charge in [-0.1, -0.05) is 169 Å². The van der Waals surface area contributed by atoms with Gasteiger partial charge in [-0.25, -0.2) is 4.98 Å². The summed E-state index contributed by atoms with van der Waals surface area (Å²) in [6.07, 6.45) is 1.39. The Morgan fingerprint density at radius 2 is 1.30 bits per heavy atom. The van der Waals surface area contributed by atoms with Crippen LogP contribution in [0.15, 0.2) is 127 Å². The van der Waals surface area contributed by atoms with E-state index in [-0.39, 0.29) is 51.5 Å². The Morgan fingerprint density at radius 3 is 1.93 bits per heavy atom. The third kappa shape index (κ3) is 9.25. The van der Waals surface area contributed by atoms with Crippen LogP contribution >= 0.6 is 0 Å². The monoisotopic (exact) mass is 904 g/mol. The zero-order chi connectivity index (χ0) is 63.6. The second-order valence-corrected chi connectivity index (χ2v) is 19.7. The van der Waals surface area contributed by atoms with E-state index in [2.05, 4.69) is 0 Å². The van der Waals surface area contributed by atoms with Gasteiger partial charge in [-0.2, -0.15) is 0 Å². The molecule has 4 heteroatoms. The predicted octanol–water partition coefficient (Wildman–Crippen LogP) is 17.9. The number of hydrogen-bond acceptors (Lipinski definition) is 3. The van der Waals surface area contributed by atoms with Gasteiger partial charge in [-0.15, -0.1) is 0 Å². The lowest BCUT2D eigenvalue weighted by Gasteiger charge is -2.22. The van der Waals surface area contributed by atoms with Gasteiger partial charge in [0.15, 0.2) is 0 Å². The topological polar surface area (TPSA) is 50.9 Å². The molecule has 2 heterocycles. The summed E-state index contributed by atoms with van der Waals surface area (Å²) < 4.78 is 159. The first-order chi connectivity index (χ1) is 38.9. The number of rotatable bonds is 10. The molecule has 0 saturated heterocycles. The largest absolute Gasteiger partial charge is 0.507 e. The zero-order valence-electron chi connectivity index (χ0n) is 58.3. The third-order valence-corrected chi connectivity index (χ3v) is 12.5. The molecule has 0 atom stereocenters. The smallest absolute Gasteiger partial charge is 0.149 e. The van der Waals surface area contributed by atoms with Gasteiger partial charge in [-0.05, 0) is 157 Å². The number of fused-ring (bicyclic) bond motifs is 1. The van der Waals surface area contributed by atoms with Crippen molar-refractivity contribution in [3.8, 4) is 67.5 Å². The fourth-order valence-corrected chi connectivity index (χ4v) is 8.72. The molecule has 0 aliphatic carbocycles. The number of phenolic OH excluding ortho intramolecular Hbond substituents is 1. The number of hydrogen-bond donors (Lipinski definition) is 1. The number of pyridine rings is 1. The molecule has 1 N–H and O–H groups in total. The molecule has 2 aromatic heterocycles. The van der Waals surface area contributed by atoms with E-state index < -0.39 is 79.8 Å². The summed E-state index contributed by atoms with van der Waals surface area (Å²) in [6, 6.07) is 24.8. The number of para-hydroxylation sites is 1. The first-order valence-corrected chi connectivity index (χ1v) is 22.8. The average Bonchev–Trinajstić information content (AvgIpc) is 0.917. The van der Waals surface area contributed by atoms with Crippen LogP contribution in [-0.2, 0) is 10.8 Å². The highest BCUT2D eigenvalue weighted by molar-refractivity contribution is 5.97. The quantitative estimate of drug-likeness (QED) is 0.149. The summed E-state index contributed by atoms with van der Waals surface area (Å²) in [5.41, 5.74) is 2.43. The van der Waals surface area contributed by atoms with Crippen molar-refractivity contribution in [1.29, 1.82) is 0 Å². The molecule has 8 aromatic rings. The van der Waals surface area contributed by atoms with Crippen molar-refractivity contribution in [3.05, 3.63) is 166 Å². The van der Waals surface area contributed by atoms with Crippen molar-refractivity contribution in [2.45, 2.75) is 138 Å². The molecule has 0 amide bonds. The summed E-state index contributed by atoms with van der Waals surface area (Å²) >= 11 is 0. The summed E-state index contributed by atoms with van der Waals surface area (Å²) in [5.74, 6) is -2.16. The Balaban J connectivity index is 1.43. The number of benzene rings is 6. The van der Waals surface area contributed by atoms with Gasteiger partial charge in [0.05, 0.1) is 33.5 Å². The lowest BCUT2D eigenvalue weighted by Crippen LogP contribution is -2.11. The molecule has 8 rings (SSSR count). The average molecular weight is 904 g/mol. The summed E-state index contributed by atoms with van der Waals surface area (Å²) in [6.45, 7) is 6.85. The number of aryl methyl sites for hydroxylation is 1. The molecule has 67 heavy (non-hydrogen) atoms. The van der Waals surface area contributed by atoms with Crippen molar-refractivity contribution in [1.82, 2.24) is 14.5 Å². The fourth-order valence-electron chi connectivity index (χ4n) is 8.72. The molecule has 4 nitrogen and oxygen atoms in total. The number of aromatic hydroxyl groups is 1. The highest BCUT2D eigenvalue weighted by Crippen LogP contribution is 2.45. The third-order valence-electron chi connectivity index (χ3n) is 12.5. The van der Waals surface area contributed by atoms with Crippen LogP contribution in [0.5, 0.6) is 5.75 Å². The maximum absolute atomic E-state index is 12.4. The normalized spacial score (nSPS) is 17.4. The standard InChI is InChI=1S/C63H71N3O/c1-37(2)45-34-53(40(7)8)60(67)54(35-45)61-65-59-52(20-17-21-57(59)66(61)56-27-24-44(30-41(56)9)58-50(38(3)4)18-16-19-51(58)39(5)6)46-31-47(33-49(32-46)63(13,14)15)55-36-43(28-29-64-55)42-22-25-48(26-23-42)62(10,11)12/h16-40,67H,1-15H3/i9D3,10D3,11D3,12D3,22D,23D,25D,26D,38D,39D. The molecular weight excluding hydrogens is 815 g/mol. The van der Waals surface area contributed by atoms with Crippen molar-refractivity contribution in [2.75, 3.05) is 0 Å². The number of nitrogens with zero attached hydrogens (tertiary/aromatic N) is 3. The van der Waals surface area contributed by atoms with Crippen molar-refractivity contribution in [3.63, 3.8) is 0 Å². The predicted molar refractivity (Wildman–Crippen MR) is 286 cm³/mol. The molecule has 0 aliphatic rings. The Hall–Kier alpha value is -6.26. The van der Waals surface area contributed by atoms with Gasteiger partial charge in [-0.3, -0.25) is 9.55 Å². The van der Waals surface area contributed by atoms with E-state index in [1.165, 1.54) is 18.3 Å². The minimum Gasteiger partial charge on any atom is -0.507 e. The van der Waals surface area contributed by atoms with E-state index in [1.54, 1.807) is 44.4 Å². The Kier molecular flexibility index (Phi) is 7.96. The molecule has 344 valence electrons. The number of imidazole rings is 1. The number of phenols is 1. The fraction of sp³-hybridized carbons (Fsp3) is 0.333. The van der Waals surface area contributed by atoms with E-state index in [0.29, 0.717) is 61.1 Å². The lowest BCUT2D eigenvalue weighted by molar-refractivity contribution is 0.466. The van der Waals surface area contributed by atoms with Gasteiger partial charge in [0, 0.05) is 36.5 Å². The van der Waals surface area contributed by atoms with E-state index in [9.17, 15) is 12.0 Å². The summed E-state index contributed by atoms with van der Waals surface area (Å²) in [5, 5.41) is 12.4. The molecule has 0 fully saturated rings. The Bertz CT molecular complexity index is 3820. The summed E-state index contributed by atoms with van der Waals surface area (Å²) in [7, 11) is 0. The molecule has 0 saturated carbocycles. The van der Waals surface area contributed by atoms with Gasteiger partial charge in [0.1, 0.15) is 11.6 Å². The van der Waals surface area contributed by atoms with Gasteiger partial charge in [0.25, 0.3) is 0 Å². The lowest BCUT2D eigenvalue weighted by atomic mass is 9.83. The maximum atomic E-state index is 12.4. The van der Waals surface area contributed by atoms with Crippen molar-refractivity contribution >= 4 is 11.0 Å². The molecule has 0 bridgehead atoms. The maximum Gasteiger partial charge on any atom is 0.149 e. The Labute approximate surface area is 426 Å². The molecule has 6 aromatic carbocycles. The minimum absolute atomic E-state index is 0.0107. The molecule has 0 aliphatic heterocycles. The molecular formula is C63H71N3O. The van der Waals surface area contributed by atoms with Gasteiger partial charge < -0.3 is 5.11 Å². The van der Waals surface area contributed by atoms with Crippen LogP contribution in [0.4, 0.5) is 0 Å². The first kappa shape index (κ1) is 29.5.